The van der Waals surface area contributed by atoms with Crippen LogP contribution in [0.4, 0.5) is 5.69 Å². The van der Waals surface area contributed by atoms with Crippen LogP contribution in [0.1, 0.15) is 82.8 Å². The first-order chi connectivity index (χ1) is 24.8. The van der Waals surface area contributed by atoms with E-state index in [0.717, 1.165) is 53.3 Å². The third kappa shape index (κ3) is 8.05. The van der Waals surface area contributed by atoms with Crippen LogP contribution in [0.3, 0.4) is 0 Å². The highest BCUT2D eigenvalue weighted by molar-refractivity contribution is 6.01. The number of amides is 3. The Balaban J connectivity index is 1.34. The second-order valence-corrected chi connectivity index (χ2v) is 13.5. The summed E-state index contributed by atoms with van der Waals surface area (Å²) in [5, 5.41) is 10.0. The molecule has 2 heterocycles. The van der Waals surface area contributed by atoms with Gasteiger partial charge in [0, 0.05) is 43.6 Å². The maximum Gasteiger partial charge on any atom is 0.274 e. The second kappa shape index (κ2) is 16.2. The van der Waals surface area contributed by atoms with Crippen LogP contribution in [0.2, 0.25) is 0 Å². The molecule has 0 spiro atoms. The number of hydrogen-bond donors (Lipinski definition) is 2. The van der Waals surface area contributed by atoms with Crippen molar-refractivity contribution in [3.8, 4) is 5.69 Å². The quantitative estimate of drug-likeness (QED) is 0.138. The standard InChI is InChI=1S/C42H48N6O3/c1-4-6-20-46(21-7-5-2)42(51)38-22-29(3)48(45-38)39-19-18-35(44-40(49)24-30-16-17-31-12-8-9-13-32(31)23-30)26-37(39)41(50)47-28-34-15-11-10-14-33(34)25-36(47)27-43/h8-19,22-23,26,36H,4-7,20-21,24-25,27-28,43H2,1-3H3,(H,44,49). The van der Waals surface area contributed by atoms with Crippen LogP contribution < -0.4 is 11.1 Å². The maximum absolute atomic E-state index is 14.7. The summed E-state index contributed by atoms with van der Waals surface area (Å²) in [7, 11) is 0. The number of hydrogen-bond acceptors (Lipinski definition) is 5. The first kappa shape index (κ1) is 35.5. The molecule has 3 N–H and O–H groups in total. The van der Waals surface area contributed by atoms with Crippen molar-refractivity contribution in [2.45, 2.75) is 71.9 Å². The van der Waals surface area contributed by atoms with Gasteiger partial charge in [0.25, 0.3) is 11.8 Å². The fourth-order valence-electron chi connectivity index (χ4n) is 6.90. The highest BCUT2D eigenvalue weighted by atomic mass is 16.2. The zero-order chi connectivity index (χ0) is 35.9. The Morgan fingerprint density at radius 1 is 0.863 bits per heavy atom. The molecular weight excluding hydrogens is 637 g/mol. The molecule has 9 nitrogen and oxygen atoms in total. The van der Waals surface area contributed by atoms with E-state index in [2.05, 4.69) is 25.2 Å². The Morgan fingerprint density at radius 2 is 1.57 bits per heavy atom. The van der Waals surface area contributed by atoms with Gasteiger partial charge in [-0.25, -0.2) is 4.68 Å². The number of nitrogens with two attached hydrogens (primary N) is 1. The van der Waals surface area contributed by atoms with Gasteiger partial charge in [0.2, 0.25) is 5.91 Å². The summed E-state index contributed by atoms with van der Waals surface area (Å²) in [6, 6.07) is 29.1. The molecule has 264 valence electrons. The van der Waals surface area contributed by atoms with Gasteiger partial charge in [-0.05, 0) is 77.9 Å². The first-order valence-electron chi connectivity index (χ1n) is 18.1. The number of carbonyl (C=O) groups excluding carboxylic acids is 3. The highest BCUT2D eigenvalue weighted by Gasteiger charge is 2.32. The smallest absolute Gasteiger partial charge is 0.274 e. The molecule has 4 aromatic carbocycles. The summed E-state index contributed by atoms with van der Waals surface area (Å²) < 4.78 is 1.67. The Labute approximate surface area is 300 Å². The lowest BCUT2D eigenvalue weighted by Gasteiger charge is -2.37. The minimum Gasteiger partial charge on any atom is -0.337 e. The molecule has 0 saturated heterocycles. The summed E-state index contributed by atoms with van der Waals surface area (Å²) in [6.07, 6.45) is 4.66. The molecule has 0 aliphatic carbocycles. The van der Waals surface area contributed by atoms with Crippen LogP contribution in [0.25, 0.3) is 16.5 Å². The lowest BCUT2D eigenvalue weighted by molar-refractivity contribution is -0.115. The van der Waals surface area contributed by atoms with Crippen molar-refractivity contribution < 1.29 is 14.4 Å². The number of aryl methyl sites for hydroxylation is 1. The van der Waals surface area contributed by atoms with E-state index in [-0.39, 0.29) is 30.2 Å². The van der Waals surface area contributed by atoms with E-state index in [4.69, 9.17) is 10.8 Å². The summed E-state index contributed by atoms with van der Waals surface area (Å²) in [4.78, 5) is 45.5. The Morgan fingerprint density at radius 3 is 2.29 bits per heavy atom. The fourth-order valence-corrected chi connectivity index (χ4v) is 6.90. The van der Waals surface area contributed by atoms with Gasteiger partial charge in [-0.1, -0.05) is 93.4 Å². The predicted molar refractivity (Wildman–Crippen MR) is 203 cm³/mol. The molecule has 51 heavy (non-hydrogen) atoms. The molecule has 3 amide bonds. The number of anilines is 1. The van der Waals surface area contributed by atoms with E-state index < -0.39 is 0 Å². The average Bonchev–Trinajstić information content (AvgIpc) is 3.54. The van der Waals surface area contributed by atoms with Gasteiger partial charge in [-0.2, -0.15) is 5.10 Å². The minimum atomic E-state index is -0.212. The lowest BCUT2D eigenvalue weighted by atomic mass is 9.93. The normalized spacial score (nSPS) is 14.0. The Kier molecular flexibility index (Phi) is 11.3. The molecule has 0 saturated carbocycles. The van der Waals surface area contributed by atoms with E-state index in [1.807, 2.05) is 77.4 Å². The summed E-state index contributed by atoms with van der Waals surface area (Å²) >= 11 is 0. The van der Waals surface area contributed by atoms with E-state index in [1.54, 1.807) is 28.9 Å². The van der Waals surface area contributed by atoms with Crippen molar-refractivity contribution in [2.75, 3.05) is 25.0 Å². The van der Waals surface area contributed by atoms with Crippen LogP contribution in [0.5, 0.6) is 0 Å². The monoisotopic (exact) mass is 684 g/mol. The number of aromatic nitrogens is 2. The predicted octanol–water partition coefficient (Wildman–Crippen LogP) is 7.08. The topological polar surface area (TPSA) is 114 Å². The van der Waals surface area contributed by atoms with E-state index in [0.29, 0.717) is 55.2 Å². The lowest BCUT2D eigenvalue weighted by Crippen LogP contribution is -2.48. The molecule has 9 heteroatoms. The van der Waals surface area contributed by atoms with Gasteiger partial charge < -0.3 is 20.9 Å². The molecule has 0 radical (unpaired) electrons. The fraction of sp³-hybridized carbons (Fsp3) is 0.333. The molecule has 1 unspecified atom stereocenters. The number of fused-ring (bicyclic) bond motifs is 2. The van der Waals surface area contributed by atoms with Crippen LogP contribution in [-0.2, 0) is 24.2 Å². The van der Waals surface area contributed by atoms with Crippen molar-refractivity contribution >= 4 is 34.2 Å². The third-order valence-electron chi connectivity index (χ3n) is 9.76. The van der Waals surface area contributed by atoms with Crippen LogP contribution in [0.15, 0.2) is 91.0 Å². The van der Waals surface area contributed by atoms with Gasteiger partial charge in [-0.15, -0.1) is 0 Å². The number of rotatable bonds is 13. The minimum absolute atomic E-state index is 0.111. The largest absolute Gasteiger partial charge is 0.337 e. The van der Waals surface area contributed by atoms with Crippen molar-refractivity contribution in [3.05, 3.63) is 125 Å². The molecule has 1 atom stereocenters. The maximum atomic E-state index is 14.7. The van der Waals surface area contributed by atoms with Crippen LogP contribution in [0, 0.1) is 6.92 Å². The Hall–Kier alpha value is -5.28. The number of nitrogens with zero attached hydrogens (tertiary/aromatic N) is 4. The van der Waals surface area contributed by atoms with Crippen molar-refractivity contribution in [1.82, 2.24) is 19.6 Å². The van der Waals surface area contributed by atoms with E-state index in [1.165, 1.54) is 5.56 Å². The summed E-state index contributed by atoms with van der Waals surface area (Å²) in [5.41, 5.74) is 11.9. The van der Waals surface area contributed by atoms with Crippen molar-refractivity contribution in [1.29, 1.82) is 0 Å². The molecule has 1 aliphatic rings. The van der Waals surface area contributed by atoms with E-state index >= 15 is 0 Å². The van der Waals surface area contributed by atoms with Gasteiger partial charge in [0.05, 0.1) is 17.7 Å². The molecular formula is C42H48N6O3. The number of nitrogens with one attached hydrogen (secondary N) is 1. The van der Waals surface area contributed by atoms with Crippen LogP contribution in [-0.4, -0.2) is 63.0 Å². The van der Waals surface area contributed by atoms with E-state index in [9.17, 15) is 14.4 Å². The average molecular weight is 685 g/mol. The summed E-state index contributed by atoms with van der Waals surface area (Å²) in [6.45, 7) is 8.20. The zero-order valence-corrected chi connectivity index (χ0v) is 29.9. The van der Waals surface area contributed by atoms with Gasteiger partial charge in [0.15, 0.2) is 5.69 Å². The number of unbranched alkanes of at least 4 members (excludes halogenated alkanes) is 2. The molecule has 0 fully saturated rings. The second-order valence-electron chi connectivity index (χ2n) is 13.5. The molecule has 1 aliphatic heterocycles. The Bertz CT molecular complexity index is 2030. The summed E-state index contributed by atoms with van der Waals surface area (Å²) in [5.74, 6) is -0.513. The number of carbonyl (C=O) groups is 3. The molecule has 5 aromatic rings. The van der Waals surface area contributed by atoms with Gasteiger partial charge in [-0.3, -0.25) is 14.4 Å². The third-order valence-corrected chi connectivity index (χ3v) is 9.76. The molecule has 6 rings (SSSR count). The SMILES string of the molecule is CCCCN(CCCC)C(=O)c1cc(C)n(-c2ccc(NC(=O)Cc3ccc4ccccc4c3)cc2C(=O)N2Cc3ccccc3CC2CN)n1. The zero-order valence-electron chi connectivity index (χ0n) is 29.9. The van der Waals surface area contributed by atoms with Crippen molar-refractivity contribution in [2.24, 2.45) is 5.73 Å². The first-order valence-corrected chi connectivity index (χ1v) is 18.1. The van der Waals surface area contributed by atoms with Gasteiger partial charge >= 0.3 is 0 Å². The highest BCUT2D eigenvalue weighted by Crippen LogP contribution is 2.29. The van der Waals surface area contributed by atoms with Gasteiger partial charge in [0.1, 0.15) is 0 Å². The molecule has 0 bridgehead atoms. The van der Waals surface area contributed by atoms with Crippen molar-refractivity contribution in [3.63, 3.8) is 0 Å². The van der Waals surface area contributed by atoms with Crippen LogP contribution >= 0.6 is 0 Å². The number of benzene rings is 4. The molecule has 1 aromatic heterocycles.